The summed E-state index contributed by atoms with van der Waals surface area (Å²) in [4.78, 5) is 18.8. The summed E-state index contributed by atoms with van der Waals surface area (Å²) in [7, 11) is 0. The lowest BCUT2D eigenvalue weighted by molar-refractivity contribution is -0.116. The number of nitrogens with zero attached hydrogens (tertiary/aromatic N) is 1. The maximum absolute atomic E-state index is 11.8. The van der Waals surface area contributed by atoms with Gasteiger partial charge in [0.1, 0.15) is 0 Å². The van der Waals surface area contributed by atoms with E-state index in [-0.39, 0.29) is 5.91 Å². The maximum atomic E-state index is 11.8. The number of carbonyl (C=O) groups is 1. The van der Waals surface area contributed by atoms with Gasteiger partial charge >= 0.3 is 0 Å². The number of hydrogen-bond donors (Lipinski definition) is 3. The number of aromatic amines is 1. The van der Waals surface area contributed by atoms with Crippen molar-refractivity contribution in [2.45, 2.75) is 32.1 Å². The second-order valence-electron chi connectivity index (χ2n) is 5.04. The molecule has 1 heterocycles. The van der Waals surface area contributed by atoms with Crippen LogP contribution < -0.4 is 11.1 Å². The van der Waals surface area contributed by atoms with E-state index in [0.717, 1.165) is 49.2 Å². The first-order chi connectivity index (χ1) is 10.3. The van der Waals surface area contributed by atoms with E-state index in [4.69, 9.17) is 5.73 Å². The number of hydrogen-bond acceptors (Lipinski definition) is 3. The van der Waals surface area contributed by atoms with Gasteiger partial charge in [-0.05, 0) is 37.1 Å². The van der Waals surface area contributed by atoms with Crippen LogP contribution in [0.2, 0.25) is 0 Å². The van der Waals surface area contributed by atoms with Crippen LogP contribution in [0, 0.1) is 0 Å². The molecule has 5 nitrogen and oxygen atoms in total. The number of nitrogens with one attached hydrogen (secondary N) is 2. The average molecular weight is 286 g/mol. The molecule has 0 atom stereocenters. The predicted molar refractivity (Wildman–Crippen MR) is 84.8 cm³/mol. The maximum Gasteiger partial charge on any atom is 0.224 e. The Hall–Kier alpha value is -2.14. The molecule has 1 amide bonds. The molecule has 0 unspecified atom stereocenters. The van der Waals surface area contributed by atoms with E-state index < -0.39 is 0 Å². The van der Waals surface area contributed by atoms with Crippen LogP contribution in [0.3, 0.4) is 0 Å². The summed E-state index contributed by atoms with van der Waals surface area (Å²) in [5.74, 6) is 0.0667. The highest BCUT2D eigenvalue weighted by molar-refractivity contribution is 5.90. The van der Waals surface area contributed by atoms with Crippen molar-refractivity contribution in [2.24, 2.45) is 5.73 Å². The van der Waals surface area contributed by atoms with E-state index in [0.29, 0.717) is 6.42 Å². The van der Waals surface area contributed by atoms with Gasteiger partial charge in [-0.1, -0.05) is 25.0 Å². The highest BCUT2D eigenvalue weighted by atomic mass is 16.1. The van der Waals surface area contributed by atoms with Gasteiger partial charge in [-0.2, -0.15) is 0 Å². The Balaban J connectivity index is 1.76. The Kier molecular flexibility index (Phi) is 5.97. The second-order valence-corrected chi connectivity index (χ2v) is 5.04. The lowest BCUT2D eigenvalue weighted by Crippen LogP contribution is -2.11. The van der Waals surface area contributed by atoms with Crippen molar-refractivity contribution >= 4 is 11.6 Å². The van der Waals surface area contributed by atoms with Crippen LogP contribution in [0.15, 0.2) is 36.8 Å². The fourth-order valence-corrected chi connectivity index (χ4v) is 2.15. The molecule has 0 bridgehead atoms. The molecule has 0 fully saturated rings. The summed E-state index contributed by atoms with van der Waals surface area (Å²) in [6.45, 7) is 0.731. The molecule has 1 aromatic heterocycles. The number of unbranched alkanes of at least 4 members (excludes halogenated alkanes) is 3. The normalized spacial score (nSPS) is 10.5. The van der Waals surface area contributed by atoms with Crippen LogP contribution in [0.1, 0.15) is 32.1 Å². The third-order valence-corrected chi connectivity index (χ3v) is 3.34. The Morgan fingerprint density at radius 2 is 1.90 bits per heavy atom. The number of benzene rings is 1. The number of imidazole rings is 1. The minimum Gasteiger partial charge on any atom is -0.345 e. The smallest absolute Gasteiger partial charge is 0.224 e. The van der Waals surface area contributed by atoms with Gasteiger partial charge in [0, 0.05) is 12.1 Å². The highest BCUT2D eigenvalue weighted by Gasteiger charge is 2.03. The zero-order valence-electron chi connectivity index (χ0n) is 12.1. The van der Waals surface area contributed by atoms with Gasteiger partial charge in [0.15, 0.2) is 0 Å². The van der Waals surface area contributed by atoms with E-state index in [2.05, 4.69) is 15.3 Å². The van der Waals surface area contributed by atoms with Gasteiger partial charge < -0.3 is 16.0 Å². The molecule has 0 aliphatic carbocycles. The molecule has 4 N–H and O–H groups in total. The first-order valence-corrected chi connectivity index (χ1v) is 7.38. The molecule has 0 saturated heterocycles. The summed E-state index contributed by atoms with van der Waals surface area (Å²) in [6, 6.07) is 7.74. The monoisotopic (exact) mass is 286 g/mol. The predicted octanol–water partition coefficient (Wildman–Crippen LogP) is 2.92. The summed E-state index contributed by atoms with van der Waals surface area (Å²) in [5, 5.41) is 2.92. The molecule has 0 aliphatic rings. The first kappa shape index (κ1) is 15.3. The van der Waals surface area contributed by atoms with Crippen molar-refractivity contribution < 1.29 is 4.79 Å². The van der Waals surface area contributed by atoms with Gasteiger partial charge in [-0.25, -0.2) is 4.98 Å². The van der Waals surface area contributed by atoms with Gasteiger partial charge in [-0.3, -0.25) is 4.79 Å². The topological polar surface area (TPSA) is 83.8 Å². The molecule has 21 heavy (non-hydrogen) atoms. The van der Waals surface area contributed by atoms with Crippen molar-refractivity contribution in [3.63, 3.8) is 0 Å². The number of anilines is 1. The molecule has 0 spiro atoms. The van der Waals surface area contributed by atoms with Crippen LogP contribution in [0.25, 0.3) is 11.3 Å². The molecule has 5 heteroatoms. The summed E-state index contributed by atoms with van der Waals surface area (Å²) >= 11 is 0. The molecule has 0 radical (unpaired) electrons. The van der Waals surface area contributed by atoms with Gasteiger partial charge in [-0.15, -0.1) is 0 Å². The van der Waals surface area contributed by atoms with Gasteiger partial charge in [0.05, 0.1) is 18.2 Å². The highest BCUT2D eigenvalue weighted by Crippen LogP contribution is 2.19. The van der Waals surface area contributed by atoms with Crippen molar-refractivity contribution in [3.05, 3.63) is 36.8 Å². The van der Waals surface area contributed by atoms with Crippen molar-refractivity contribution in [1.82, 2.24) is 9.97 Å². The van der Waals surface area contributed by atoms with E-state index in [9.17, 15) is 4.79 Å². The van der Waals surface area contributed by atoms with Crippen molar-refractivity contribution in [2.75, 3.05) is 11.9 Å². The summed E-state index contributed by atoms with van der Waals surface area (Å²) in [5.41, 5.74) is 8.27. The third kappa shape index (κ3) is 5.04. The standard InChI is InChI=1S/C16H22N4O/c17-10-4-2-1-3-5-16(21)20-14-8-6-13(7-9-14)15-11-18-12-19-15/h6-9,11-12H,1-5,10,17H2,(H,18,19)(H,20,21). The molecule has 0 aliphatic heterocycles. The van der Waals surface area contributed by atoms with Crippen LogP contribution >= 0.6 is 0 Å². The molecule has 0 saturated carbocycles. The molecule has 2 aromatic rings. The van der Waals surface area contributed by atoms with E-state index in [1.807, 2.05) is 24.3 Å². The quantitative estimate of drug-likeness (QED) is 0.652. The minimum absolute atomic E-state index is 0.0667. The average Bonchev–Trinajstić information content (AvgIpc) is 3.02. The van der Waals surface area contributed by atoms with Crippen LogP contribution in [-0.2, 0) is 4.79 Å². The fraction of sp³-hybridized carbons (Fsp3) is 0.375. The number of amides is 1. The fourth-order valence-electron chi connectivity index (χ4n) is 2.15. The number of carbonyl (C=O) groups excluding carboxylic acids is 1. The van der Waals surface area contributed by atoms with E-state index in [1.54, 1.807) is 12.5 Å². The van der Waals surface area contributed by atoms with Crippen molar-refractivity contribution in [3.8, 4) is 11.3 Å². The van der Waals surface area contributed by atoms with Crippen LogP contribution in [0.4, 0.5) is 5.69 Å². The van der Waals surface area contributed by atoms with Crippen molar-refractivity contribution in [1.29, 1.82) is 0 Å². The van der Waals surface area contributed by atoms with Crippen LogP contribution in [0.5, 0.6) is 0 Å². The molecular weight excluding hydrogens is 264 g/mol. The Morgan fingerprint density at radius 3 is 2.57 bits per heavy atom. The number of aromatic nitrogens is 2. The summed E-state index contributed by atoms with van der Waals surface area (Å²) in [6.07, 6.45) is 8.10. The van der Waals surface area contributed by atoms with Gasteiger partial charge in [0.25, 0.3) is 0 Å². The van der Waals surface area contributed by atoms with Crippen LogP contribution in [-0.4, -0.2) is 22.4 Å². The second kappa shape index (κ2) is 8.21. The third-order valence-electron chi connectivity index (χ3n) is 3.34. The van der Waals surface area contributed by atoms with E-state index in [1.165, 1.54) is 0 Å². The van der Waals surface area contributed by atoms with Gasteiger partial charge in [0.2, 0.25) is 5.91 Å². The first-order valence-electron chi connectivity index (χ1n) is 7.38. The zero-order chi connectivity index (χ0) is 14.9. The van der Waals surface area contributed by atoms with E-state index >= 15 is 0 Å². The number of H-pyrrole nitrogens is 1. The Morgan fingerprint density at radius 1 is 1.14 bits per heavy atom. The Labute approximate surface area is 125 Å². The molecule has 2 rings (SSSR count). The molecular formula is C16H22N4O. The lowest BCUT2D eigenvalue weighted by atomic mass is 10.1. The molecule has 112 valence electrons. The SMILES string of the molecule is NCCCCCCC(=O)Nc1ccc(-c2cnc[nH]2)cc1. The summed E-state index contributed by atoms with van der Waals surface area (Å²) < 4.78 is 0. The largest absolute Gasteiger partial charge is 0.345 e. The zero-order valence-corrected chi connectivity index (χ0v) is 12.1. The molecule has 1 aromatic carbocycles. The number of nitrogens with two attached hydrogens (primary N) is 1. The minimum atomic E-state index is 0.0667. The Bertz CT molecular complexity index is 534. The number of rotatable bonds is 8. The lowest BCUT2D eigenvalue weighted by Gasteiger charge is -2.06.